The molecule has 0 amide bonds. The molecule has 17 heavy (non-hydrogen) atoms. The van der Waals surface area contributed by atoms with Gasteiger partial charge in [0.2, 0.25) is 0 Å². The molecule has 1 heterocycles. The molecule has 0 bridgehead atoms. The van der Waals surface area contributed by atoms with E-state index in [9.17, 15) is 0 Å². The lowest BCUT2D eigenvalue weighted by atomic mass is 9.97. The van der Waals surface area contributed by atoms with Gasteiger partial charge in [0.15, 0.2) is 0 Å². The highest BCUT2D eigenvalue weighted by molar-refractivity contribution is 4.72. The Labute approximate surface area is 107 Å². The molecule has 0 aromatic carbocycles. The SMILES string of the molecule is CCCN(CCCCOC)CC1CCNCC1. The molecular weight excluding hydrogens is 212 g/mol. The molecule has 0 radical (unpaired) electrons. The summed E-state index contributed by atoms with van der Waals surface area (Å²) in [5, 5.41) is 3.44. The molecule has 1 aliphatic rings. The second kappa shape index (κ2) is 9.86. The van der Waals surface area contributed by atoms with Crippen LogP contribution in [0.15, 0.2) is 0 Å². The van der Waals surface area contributed by atoms with Crippen molar-refractivity contribution in [2.75, 3.05) is 46.4 Å². The molecule has 102 valence electrons. The second-order valence-electron chi connectivity index (χ2n) is 5.19. The number of ether oxygens (including phenoxy) is 1. The average molecular weight is 242 g/mol. The van der Waals surface area contributed by atoms with E-state index in [2.05, 4.69) is 17.1 Å². The van der Waals surface area contributed by atoms with E-state index in [0.29, 0.717) is 0 Å². The lowest BCUT2D eigenvalue weighted by Crippen LogP contribution is -2.37. The van der Waals surface area contributed by atoms with Crippen molar-refractivity contribution in [1.82, 2.24) is 10.2 Å². The summed E-state index contributed by atoms with van der Waals surface area (Å²) < 4.78 is 5.11. The summed E-state index contributed by atoms with van der Waals surface area (Å²) in [5.74, 6) is 0.922. The van der Waals surface area contributed by atoms with Crippen molar-refractivity contribution in [1.29, 1.82) is 0 Å². The molecule has 1 fully saturated rings. The van der Waals surface area contributed by atoms with Crippen LogP contribution in [0, 0.1) is 5.92 Å². The number of unbranched alkanes of at least 4 members (excludes halogenated alkanes) is 1. The number of nitrogens with zero attached hydrogens (tertiary/aromatic N) is 1. The van der Waals surface area contributed by atoms with Crippen molar-refractivity contribution in [2.45, 2.75) is 39.0 Å². The molecule has 0 spiro atoms. The van der Waals surface area contributed by atoms with Crippen molar-refractivity contribution >= 4 is 0 Å². The zero-order valence-electron chi connectivity index (χ0n) is 11.7. The summed E-state index contributed by atoms with van der Waals surface area (Å²) in [6, 6.07) is 0. The Balaban J connectivity index is 2.16. The van der Waals surface area contributed by atoms with Crippen LogP contribution in [-0.4, -0.2) is 51.3 Å². The minimum absolute atomic E-state index is 0.910. The van der Waals surface area contributed by atoms with E-state index in [-0.39, 0.29) is 0 Å². The molecule has 0 saturated carbocycles. The fraction of sp³-hybridized carbons (Fsp3) is 1.00. The van der Waals surface area contributed by atoms with E-state index in [0.717, 1.165) is 12.5 Å². The van der Waals surface area contributed by atoms with Crippen molar-refractivity contribution < 1.29 is 4.74 Å². The van der Waals surface area contributed by atoms with Gasteiger partial charge in [-0.1, -0.05) is 6.92 Å². The molecule has 0 aromatic rings. The Hall–Kier alpha value is -0.120. The van der Waals surface area contributed by atoms with Gasteiger partial charge in [-0.25, -0.2) is 0 Å². The third-order valence-corrected chi connectivity index (χ3v) is 3.59. The van der Waals surface area contributed by atoms with Crippen LogP contribution in [0.4, 0.5) is 0 Å². The van der Waals surface area contributed by atoms with E-state index in [1.54, 1.807) is 7.11 Å². The van der Waals surface area contributed by atoms with Crippen molar-refractivity contribution in [3.05, 3.63) is 0 Å². The van der Waals surface area contributed by atoms with Gasteiger partial charge in [0.25, 0.3) is 0 Å². The highest BCUT2D eigenvalue weighted by atomic mass is 16.5. The Kier molecular flexibility index (Phi) is 8.67. The lowest BCUT2D eigenvalue weighted by Gasteiger charge is -2.30. The van der Waals surface area contributed by atoms with E-state index < -0.39 is 0 Å². The van der Waals surface area contributed by atoms with Crippen molar-refractivity contribution in [3.8, 4) is 0 Å². The average Bonchev–Trinajstić information content (AvgIpc) is 2.36. The molecular formula is C14H30N2O. The highest BCUT2D eigenvalue weighted by Crippen LogP contribution is 2.14. The largest absolute Gasteiger partial charge is 0.385 e. The minimum Gasteiger partial charge on any atom is -0.385 e. The number of piperidine rings is 1. The smallest absolute Gasteiger partial charge is 0.0462 e. The fourth-order valence-corrected chi connectivity index (χ4v) is 2.62. The van der Waals surface area contributed by atoms with Gasteiger partial charge in [0.05, 0.1) is 0 Å². The third-order valence-electron chi connectivity index (χ3n) is 3.59. The molecule has 0 unspecified atom stereocenters. The molecule has 0 aromatic heterocycles. The maximum Gasteiger partial charge on any atom is 0.0462 e. The second-order valence-corrected chi connectivity index (χ2v) is 5.19. The molecule has 1 N–H and O–H groups in total. The van der Waals surface area contributed by atoms with Crippen LogP contribution in [0.3, 0.4) is 0 Å². The Morgan fingerprint density at radius 2 is 1.94 bits per heavy atom. The standard InChI is InChI=1S/C14H30N2O/c1-3-10-16(11-4-5-12-17-2)13-14-6-8-15-9-7-14/h14-15H,3-13H2,1-2H3. The number of hydrogen-bond donors (Lipinski definition) is 1. The van der Waals surface area contributed by atoms with Gasteiger partial charge in [-0.15, -0.1) is 0 Å². The molecule has 1 saturated heterocycles. The summed E-state index contributed by atoms with van der Waals surface area (Å²) in [6.07, 6.45) is 6.47. The predicted octanol–water partition coefficient (Wildman–Crippen LogP) is 2.12. The Morgan fingerprint density at radius 3 is 2.59 bits per heavy atom. The van der Waals surface area contributed by atoms with Crippen LogP contribution < -0.4 is 5.32 Å². The Morgan fingerprint density at radius 1 is 1.18 bits per heavy atom. The zero-order chi connectivity index (χ0) is 12.3. The molecule has 0 aliphatic carbocycles. The lowest BCUT2D eigenvalue weighted by molar-refractivity contribution is 0.172. The predicted molar refractivity (Wildman–Crippen MR) is 73.4 cm³/mol. The summed E-state index contributed by atoms with van der Waals surface area (Å²) >= 11 is 0. The summed E-state index contributed by atoms with van der Waals surface area (Å²) in [7, 11) is 1.79. The van der Waals surface area contributed by atoms with Gasteiger partial charge >= 0.3 is 0 Å². The van der Waals surface area contributed by atoms with Gasteiger partial charge in [0.1, 0.15) is 0 Å². The van der Waals surface area contributed by atoms with E-state index in [1.807, 2.05) is 0 Å². The van der Waals surface area contributed by atoms with Crippen LogP contribution in [0.25, 0.3) is 0 Å². The van der Waals surface area contributed by atoms with E-state index in [1.165, 1.54) is 64.8 Å². The molecule has 0 atom stereocenters. The van der Waals surface area contributed by atoms with Crippen LogP contribution in [0.5, 0.6) is 0 Å². The first-order chi connectivity index (χ1) is 8.36. The monoisotopic (exact) mass is 242 g/mol. The Bertz CT molecular complexity index is 170. The summed E-state index contributed by atoms with van der Waals surface area (Å²) in [5.41, 5.74) is 0. The number of hydrogen-bond acceptors (Lipinski definition) is 3. The van der Waals surface area contributed by atoms with Crippen molar-refractivity contribution in [3.63, 3.8) is 0 Å². The maximum atomic E-state index is 5.11. The molecule has 1 rings (SSSR count). The number of methoxy groups -OCH3 is 1. The summed E-state index contributed by atoms with van der Waals surface area (Å²) in [4.78, 5) is 2.66. The molecule has 1 aliphatic heterocycles. The topological polar surface area (TPSA) is 24.5 Å². The van der Waals surface area contributed by atoms with Crippen LogP contribution in [0.2, 0.25) is 0 Å². The highest BCUT2D eigenvalue weighted by Gasteiger charge is 2.16. The third kappa shape index (κ3) is 7.02. The summed E-state index contributed by atoms with van der Waals surface area (Å²) in [6.45, 7) is 9.45. The van der Waals surface area contributed by atoms with Crippen molar-refractivity contribution in [2.24, 2.45) is 5.92 Å². The normalized spacial score (nSPS) is 17.8. The van der Waals surface area contributed by atoms with Gasteiger partial charge in [0, 0.05) is 20.3 Å². The van der Waals surface area contributed by atoms with Crippen LogP contribution in [0.1, 0.15) is 39.0 Å². The van der Waals surface area contributed by atoms with Gasteiger partial charge < -0.3 is 15.0 Å². The number of nitrogens with one attached hydrogen (secondary N) is 1. The van der Waals surface area contributed by atoms with Crippen LogP contribution in [-0.2, 0) is 4.74 Å². The molecule has 3 heteroatoms. The number of rotatable bonds is 9. The quantitative estimate of drug-likeness (QED) is 0.627. The van der Waals surface area contributed by atoms with Gasteiger partial charge in [-0.3, -0.25) is 0 Å². The first kappa shape index (κ1) is 14.9. The van der Waals surface area contributed by atoms with E-state index in [4.69, 9.17) is 4.74 Å². The maximum absolute atomic E-state index is 5.11. The van der Waals surface area contributed by atoms with Crippen LogP contribution >= 0.6 is 0 Å². The first-order valence-electron chi connectivity index (χ1n) is 7.28. The fourth-order valence-electron chi connectivity index (χ4n) is 2.62. The van der Waals surface area contributed by atoms with E-state index >= 15 is 0 Å². The first-order valence-corrected chi connectivity index (χ1v) is 7.28. The van der Waals surface area contributed by atoms with Gasteiger partial charge in [-0.2, -0.15) is 0 Å². The minimum atomic E-state index is 0.910. The van der Waals surface area contributed by atoms with Gasteiger partial charge in [-0.05, 0) is 64.2 Å². The zero-order valence-corrected chi connectivity index (χ0v) is 11.7. The molecule has 3 nitrogen and oxygen atoms in total.